The summed E-state index contributed by atoms with van der Waals surface area (Å²) >= 11 is 9.80. The fourth-order valence-electron chi connectivity index (χ4n) is 2.15. The standard InChI is InChI=1S/C13H27N3O2S2.O.Tc/c17-13(14-2-10-19)12-16(7-11-20)4-1-3-15-5-8-18-9-6-15;;/h19-20H,1-12H2,(H,14,17);;/q;-2;+5/p-3/i;;1+1. The first kappa shape index (κ1) is 24.9. The maximum atomic E-state index is 11.6. The van der Waals surface area contributed by atoms with E-state index in [1.165, 1.54) is 0 Å². The summed E-state index contributed by atoms with van der Waals surface area (Å²) in [4.78, 5) is 8.42. The van der Waals surface area contributed by atoms with E-state index in [4.69, 9.17) is 30.0 Å². The third-order valence-electron chi connectivity index (χ3n) is 3.20. The Bertz CT molecular complexity index is 283. The first-order chi connectivity index (χ1) is 9.76. The zero-order valence-corrected chi connectivity index (χ0v) is 16.2. The molecule has 0 aromatic rings. The monoisotopic (exact) mass is 433 g/mol. The van der Waals surface area contributed by atoms with Gasteiger partial charge in [-0.2, -0.15) is 11.5 Å². The molecule has 0 aromatic heterocycles. The Kier molecular flexibility index (Phi) is 18.7. The molecule has 1 fully saturated rings. The largest absolute Gasteiger partial charge is 5.00 e. The average Bonchev–Trinajstić information content (AvgIpc) is 2.46. The normalized spacial score (nSPS) is 16.2. The van der Waals surface area contributed by atoms with Crippen molar-refractivity contribution in [3.63, 3.8) is 0 Å². The van der Waals surface area contributed by atoms with Crippen LogP contribution in [0.25, 0.3) is 0 Å². The van der Waals surface area contributed by atoms with Gasteiger partial charge in [-0.3, -0.25) is 4.90 Å². The first-order valence-corrected chi connectivity index (χ1v) is 8.30. The van der Waals surface area contributed by atoms with Crippen LogP contribution in [-0.2, 0) is 55.6 Å². The van der Waals surface area contributed by atoms with Crippen LogP contribution in [0.1, 0.15) is 6.42 Å². The molecule has 1 saturated heterocycles. The summed E-state index contributed by atoms with van der Waals surface area (Å²) in [5.74, 6) is 1.07. The summed E-state index contributed by atoms with van der Waals surface area (Å²) in [7, 11) is 0. The molecule has 0 saturated carbocycles. The zero-order valence-electron chi connectivity index (χ0n) is 12.7. The molecule has 9 heteroatoms. The smallest absolute Gasteiger partial charge is 2.00 e. The molecule has 1 aliphatic rings. The molecule has 0 radical (unpaired) electrons. The number of rotatable bonds is 10. The van der Waals surface area contributed by atoms with Crippen molar-refractivity contribution in [1.29, 1.82) is 0 Å². The zero-order chi connectivity index (χ0) is 14.6. The van der Waals surface area contributed by atoms with Gasteiger partial charge in [0.25, 0.3) is 0 Å². The van der Waals surface area contributed by atoms with Crippen molar-refractivity contribution in [3.8, 4) is 0 Å². The summed E-state index contributed by atoms with van der Waals surface area (Å²) in [5.41, 5.74) is 0. The van der Waals surface area contributed by atoms with Crippen molar-refractivity contribution in [3.05, 3.63) is 0 Å². The van der Waals surface area contributed by atoms with E-state index >= 15 is 0 Å². The summed E-state index contributed by atoms with van der Waals surface area (Å²) < 4.78 is 5.32. The molecule has 22 heavy (non-hydrogen) atoms. The Labute approximate surface area is 158 Å². The van der Waals surface area contributed by atoms with Gasteiger partial charge in [0.15, 0.2) is 0 Å². The van der Waals surface area contributed by atoms with E-state index in [1.54, 1.807) is 0 Å². The van der Waals surface area contributed by atoms with Crippen LogP contribution >= 0.6 is 0 Å². The van der Waals surface area contributed by atoms with Gasteiger partial charge in [0.2, 0.25) is 0 Å². The topological polar surface area (TPSA) is 79.6 Å². The van der Waals surface area contributed by atoms with Gasteiger partial charge in [0.05, 0.1) is 13.2 Å². The van der Waals surface area contributed by atoms with Crippen LogP contribution in [0.3, 0.4) is 0 Å². The van der Waals surface area contributed by atoms with Gasteiger partial charge in [-0.15, -0.1) is 0 Å². The molecule has 1 rings (SSSR count). The predicted molar refractivity (Wildman–Crippen MR) is 85.8 cm³/mol. The van der Waals surface area contributed by atoms with Crippen molar-refractivity contribution in [2.24, 2.45) is 4.99 Å². The molecule has 1 heterocycles. The van der Waals surface area contributed by atoms with Crippen molar-refractivity contribution < 1.29 is 35.4 Å². The summed E-state index contributed by atoms with van der Waals surface area (Å²) in [6, 6.07) is 0. The molecule has 0 N–H and O–H groups in total. The number of hydrogen-bond donors (Lipinski definition) is 0. The van der Waals surface area contributed by atoms with E-state index in [1.807, 2.05) is 0 Å². The molecule has 0 spiro atoms. The minimum absolute atomic E-state index is 0. The Morgan fingerprint density at radius 1 is 1.18 bits per heavy atom. The number of nitrogens with zero attached hydrogens (tertiary/aromatic N) is 3. The Morgan fingerprint density at radius 2 is 1.86 bits per heavy atom. The Hall–Kier alpha value is 0.659. The summed E-state index contributed by atoms with van der Waals surface area (Å²) in [5, 5.41) is 11.6. The summed E-state index contributed by atoms with van der Waals surface area (Å²) in [6.07, 6.45) is 1.05. The minimum atomic E-state index is -0.0790. The molecular weight excluding hydrogens is 409 g/mol. The fraction of sp³-hybridized carbons (Fsp3) is 0.923. The molecule has 128 valence electrons. The number of aliphatic imine (C=N–C) groups is 1. The third kappa shape index (κ3) is 12.1. The van der Waals surface area contributed by atoms with Crippen LogP contribution in [0.5, 0.6) is 0 Å². The van der Waals surface area contributed by atoms with E-state index in [0.29, 0.717) is 24.6 Å². The number of hydrogen-bond acceptors (Lipinski definition) is 7. The van der Waals surface area contributed by atoms with Crippen LogP contribution in [-0.4, -0.2) is 86.2 Å². The van der Waals surface area contributed by atoms with Gasteiger partial charge < -0.3 is 50.5 Å². The van der Waals surface area contributed by atoms with Crippen LogP contribution < -0.4 is 5.11 Å². The maximum Gasteiger partial charge on any atom is 5.00 e. The molecule has 0 amide bonds. The SMILES string of the molecule is [99Tc+5].[O-2].[O-]C(CN(CC[S-])CCCN1CCOCC1)=NCC[S-]. The van der Waals surface area contributed by atoms with Gasteiger partial charge in [0, 0.05) is 26.2 Å². The molecule has 0 aliphatic carbocycles. The predicted octanol–water partition coefficient (Wildman–Crippen LogP) is -1.26. The van der Waals surface area contributed by atoms with Gasteiger partial charge >= 0.3 is 20.1 Å². The number of ether oxygens (including phenoxy) is 1. The van der Waals surface area contributed by atoms with Crippen LogP contribution in [0.15, 0.2) is 4.99 Å². The van der Waals surface area contributed by atoms with E-state index in [-0.39, 0.29) is 31.5 Å². The first-order valence-electron chi connectivity index (χ1n) is 7.15. The average molecular weight is 433 g/mol. The van der Waals surface area contributed by atoms with Crippen molar-refractivity contribution in [2.75, 3.05) is 70.5 Å². The minimum Gasteiger partial charge on any atom is -2.00 e. The molecule has 6 nitrogen and oxygen atoms in total. The number of morpholine rings is 1. The molecule has 0 bridgehead atoms. The van der Waals surface area contributed by atoms with E-state index in [9.17, 15) is 5.11 Å². The van der Waals surface area contributed by atoms with Gasteiger partial charge in [-0.05, 0) is 32.0 Å². The quantitative estimate of drug-likeness (QED) is 0.243. The molecule has 1 aliphatic heterocycles. The van der Waals surface area contributed by atoms with E-state index in [2.05, 4.69) is 14.8 Å². The van der Waals surface area contributed by atoms with Crippen LogP contribution in [0.4, 0.5) is 0 Å². The summed E-state index contributed by atoms with van der Waals surface area (Å²) in [6.45, 7) is 7.20. The molecule has 0 aromatic carbocycles. The Morgan fingerprint density at radius 3 is 2.45 bits per heavy atom. The maximum absolute atomic E-state index is 11.6. The van der Waals surface area contributed by atoms with Crippen molar-refractivity contribution in [2.45, 2.75) is 6.42 Å². The van der Waals surface area contributed by atoms with Crippen LogP contribution in [0, 0.1) is 0 Å². The Balaban J connectivity index is 0. The van der Waals surface area contributed by atoms with Crippen LogP contribution in [0.2, 0.25) is 0 Å². The second-order valence-electron chi connectivity index (χ2n) is 4.77. The molecular formula is C13H24N3O3S2Tc. The van der Waals surface area contributed by atoms with Gasteiger partial charge in [-0.1, -0.05) is 0 Å². The van der Waals surface area contributed by atoms with Gasteiger partial charge in [0.1, 0.15) is 0 Å². The van der Waals surface area contributed by atoms with E-state index < -0.39 is 0 Å². The fourth-order valence-corrected chi connectivity index (χ4v) is 2.50. The molecule has 0 unspecified atom stereocenters. The second-order valence-corrected chi connectivity index (χ2v) is 5.58. The third-order valence-corrected chi connectivity index (χ3v) is 3.56. The second kappa shape index (κ2) is 16.5. The van der Waals surface area contributed by atoms with Crippen molar-refractivity contribution >= 4 is 31.2 Å². The van der Waals surface area contributed by atoms with E-state index in [0.717, 1.165) is 52.4 Å². The molecule has 0 atom stereocenters. The van der Waals surface area contributed by atoms with Gasteiger partial charge in [-0.25, -0.2) is 0 Å². The van der Waals surface area contributed by atoms with Crippen molar-refractivity contribution in [1.82, 2.24) is 9.80 Å².